The second-order valence-electron chi connectivity index (χ2n) is 10.4. The van der Waals surface area contributed by atoms with Crippen LogP contribution in [0.4, 0.5) is 0 Å². The predicted molar refractivity (Wildman–Crippen MR) is 136 cm³/mol. The summed E-state index contributed by atoms with van der Waals surface area (Å²) in [4.78, 5) is 45.3. The average molecular weight is 509 g/mol. The van der Waals surface area contributed by atoms with Crippen LogP contribution in [0, 0.1) is 11.8 Å². The molecule has 0 bridgehead atoms. The number of carbonyl (C=O) groups is 3. The van der Waals surface area contributed by atoms with E-state index in [1.807, 2.05) is 61.6 Å². The second kappa shape index (κ2) is 10.4. The summed E-state index contributed by atoms with van der Waals surface area (Å²) < 4.78 is 12.5. The number of carbonyl (C=O) groups excluding carboxylic acids is 3. The summed E-state index contributed by atoms with van der Waals surface area (Å²) in [7, 11) is 0. The van der Waals surface area contributed by atoms with E-state index in [-0.39, 0.29) is 25.0 Å². The summed E-state index contributed by atoms with van der Waals surface area (Å²) in [6.07, 6.45) is 10.7. The molecular weight excluding hydrogens is 472 g/mol. The van der Waals surface area contributed by atoms with E-state index in [0.717, 1.165) is 12.0 Å². The van der Waals surface area contributed by atoms with Gasteiger partial charge in [-0.05, 0) is 37.7 Å². The van der Waals surface area contributed by atoms with Crippen molar-refractivity contribution in [2.24, 2.45) is 11.8 Å². The first-order chi connectivity index (χ1) is 18.0. The quantitative estimate of drug-likeness (QED) is 0.346. The van der Waals surface area contributed by atoms with E-state index in [1.54, 1.807) is 9.80 Å². The van der Waals surface area contributed by atoms with Gasteiger partial charge >= 0.3 is 5.97 Å². The summed E-state index contributed by atoms with van der Waals surface area (Å²) in [5.74, 6) is -2.59. The van der Waals surface area contributed by atoms with Gasteiger partial charge in [0.25, 0.3) is 0 Å². The van der Waals surface area contributed by atoms with Crippen molar-refractivity contribution in [3.63, 3.8) is 0 Å². The molecule has 0 radical (unpaired) electrons. The molecule has 1 spiro atoms. The predicted octanol–water partition coefficient (Wildman–Crippen LogP) is 2.61. The highest BCUT2D eigenvalue weighted by atomic mass is 16.6. The van der Waals surface area contributed by atoms with Crippen LogP contribution >= 0.6 is 0 Å². The third-order valence-corrected chi connectivity index (χ3v) is 8.24. The minimum atomic E-state index is -1.28. The molecule has 2 fully saturated rings. The van der Waals surface area contributed by atoms with Crippen LogP contribution in [0.5, 0.6) is 0 Å². The summed E-state index contributed by atoms with van der Waals surface area (Å²) in [5.41, 5.74) is -1.31. The molecule has 5 rings (SSSR count). The van der Waals surface area contributed by atoms with Gasteiger partial charge in [0, 0.05) is 26.2 Å². The zero-order valence-corrected chi connectivity index (χ0v) is 21.4. The summed E-state index contributed by atoms with van der Waals surface area (Å²) in [6.45, 7) is 3.33. The molecule has 1 aromatic rings. The number of benzene rings is 1. The Kier molecular flexibility index (Phi) is 7.23. The number of nitrogens with zero attached hydrogens (tertiary/aromatic N) is 2. The van der Waals surface area contributed by atoms with Crippen LogP contribution in [0.1, 0.15) is 44.6 Å². The monoisotopic (exact) mass is 508 g/mol. The Morgan fingerprint density at radius 2 is 1.84 bits per heavy atom. The third-order valence-electron chi connectivity index (χ3n) is 8.24. The summed E-state index contributed by atoms with van der Waals surface area (Å²) in [5, 5.41) is 9.36. The van der Waals surface area contributed by atoms with E-state index in [2.05, 4.69) is 0 Å². The zero-order valence-electron chi connectivity index (χ0n) is 21.4. The number of rotatable bonds is 7. The van der Waals surface area contributed by atoms with Crippen LogP contribution in [0.25, 0.3) is 0 Å². The Morgan fingerprint density at radius 3 is 2.59 bits per heavy atom. The van der Waals surface area contributed by atoms with Gasteiger partial charge in [0.05, 0.1) is 12.5 Å². The highest BCUT2D eigenvalue weighted by Gasteiger charge is 2.75. The molecule has 0 saturated carbocycles. The fourth-order valence-electron chi connectivity index (χ4n) is 6.50. The molecule has 8 heteroatoms. The van der Waals surface area contributed by atoms with Crippen molar-refractivity contribution >= 4 is 17.8 Å². The number of esters is 1. The fourth-order valence-corrected chi connectivity index (χ4v) is 6.50. The Hall–Kier alpha value is -2.97. The highest BCUT2D eigenvalue weighted by Crippen LogP contribution is 2.58. The van der Waals surface area contributed by atoms with Gasteiger partial charge in [0.15, 0.2) is 0 Å². The largest absolute Gasteiger partial charge is 0.465 e. The van der Waals surface area contributed by atoms with Crippen LogP contribution in [0.2, 0.25) is 0 Å². The van der Waals surface area contributed by atoms with Crippen molar-refractivity contribution < 1.29 is 29.0 Å². The lowest BCUT2D eigenvalue weighted by Gasteiger charge is -2.38. The minimum Gasteiger partial charge on any atom is -0.465 e. The Morgan fingerprint density at radius 1 is 1.03 bits per heavy atom. The first kappa shape index (κ1) is 25.7. The number of cyclic esters (lactones) is 1. The van der Waals surface area contributed by atoms with Gasteiger partial charge < -0.3 is 24.4 Å². The fraction of sp³-hybridized carbons (Fsp3) is 0.552. The lowest BCUT2D eigenvalue weighted by atomic mass is 9.73. The van der Waals surface area contributed by atoms with Gasteiger partial charge in [-0.15, -0.1) is 0 Å². The van der Waals surface area contributed by atoms with Gasteiger partial charge in [-0.3, -0.25) is 14.4 Å². The number of ether oxygens (including phenoxy) is 2. The molecule has 0 aliphatic carbocycles. The van der Waals surface area contributed by atoms with Crippen molar-refractivity contribution in [3.05, 3.63) is 60.2 Å². The van der Waals surface area contributed by atoms with Crippen molar-refractivity contribution in [1.82, 2.24) is 9.80 Å². The number of aliphatic hydroxyl groups is 1. The Balaban J connectivity index is 1.59. The molecule has 4 aliphatic heterocycles. The SMILES string of the molecule is CC[C@@]12/C=C\CCCOC(=O)[C@@H]1[C@H]1C(=O)N(CCCCO)C3C(=O)N(Cc4ccccc4)CC=C[C@@]31O2. The minimum absolute atomic E-state index is 0.00441. The molecule has 1 aromatic carbocycles. The van der Waals surface area contributed by atoms with Gasteiger partial charge in [-0.25, -0.2) is 0 Å². The molecule has 198 valence electrons. The van der Waals surface area contributed by atoms with Gasteiger partial charge in [0.1, 0.15) is 23.2 Å². The maximum atomic E-state index is 14.3. The average Bonchev–Trinajstić information content (AvgIpc) is 3.28. The smallest absolute Gasteiger partial charge is 0.313 e. The lowest BCUT2D eigenvalue weighted by molar-refractivity contribution is -0.161. The zero-order chi connectivity index (χ0) is 26.0. The van der Waals surface area contributed by atoms with E-state index >= 15 is 0 Å². The first-order valence-corrected chi connectivity index (χ1v) is 13.4. The maximum absolute atomic E-state index is 14.3. The Bertz CT molecular complexity index is 1090. The molecule has 1 N–H and O–H groups in total. The van der Waals surface area contributed by atoms with Crippen molar-refractivity contribution in [3.8, 4) is 0 Å². The van der Waals surface area contributed by atoms with Crippen molar-refractivity contribution in [2.75, 3.05) is 26.3 Å². The summed E-state index contributed by atoms with van der Waals surface area (Å²) in [6, 6.07) is 8.86. The second-order valence-corrected chi connectivity index (χ2v) is 10.4. The van der Waals surface area contributed by atoms with Crippen LogP contribution in [0.15, 0.2) is 54.6 Å². The number of allylic oxidation sites excluding steroid dienone is 1. The molecule has 4 aliphatic rings. The third kappa shape index (κ3) is 4.30. The molecule has 2 amide bonds. The molecular formula is C29H36N2O6. The molecule has 1 unspecified atom stereocenters. The summed E-state index contributed by atoms with van der Waals surface area (Å²) >= 11 is 0. The Labute approximate surface area is 217 Å². The molecule has 2 saturated heterocycles. The maximum Gasteiger partial charge on any atom is 0.313 e. The van der Waals surface area contributed by atoms with Crippen LogP contribution < -0.4 is 0 Å². The number of hydrogen-bond donors (Lipinski definition) is 1. The number of fused-ring (bicyclic) bond motifs is 2. The van der Waals surface area contributed by atoms with Crippen molar-refractivity contribution in [2.45, 2.75) is 62.8 Å². The van der Waals surface area contributed by atoms with E-state index in [9.17, 15) is 19.5 Å². The van der Waals surface area contributed by atoms with E-state index < -0.39 is 35.0 Å². The van der Waals surface area contributed by atoms with E-state index in [4.69, 9.17) is 9.47 Å². The topological polar surface area (TPSA) is 96.4 Å². The van der Waals surface area contributed by atoms with Crippen LogP contribution in [0.3, 0.4) is 0 Å². The van der Waals surface area contributed by atoms with Crippen LogP contribution in [-0.4, -0.2) is 76.2 Å². The lowest BCUT2D eigenvalue weighted by Crippen LogP contribution is -2.56. The van der Waals surface area contributed by atoms with Gasteiger partial charge in [-0.1, -0.05) is 61.6 Å². The van der Waals surface area contributed by atoms with Gasteiger partial charge in [0.2, 0.25) is 11.8 Å². The van der Waals surface area contributed by atoms with Gasteiger partial charge in [-0.2, -0.15) is 0 Å². The number of likely N-dealkylation sites (tertiary alicyclic amines) is 1. The number of aliphatic hydroxyl groups excluding tert-OH is 1. The normalized spacial score (nSPS) is 34.1. The number of amides is 2. The molecule has 8 nitrogen and oxygen atoms in total. The van der Waals surface area contributed by atoms with E-state index in [1.165, 1.54) is 0 Å². The van der Waals surface area contributed by atoms with Crippen molar-refractivity contribution in [1.29, 1.82) is 0 Å². The standard InChI is InChI=1S/C29H36N2O6/c1-2-28-14-7-4-10-19-36-27(35)23(28)22-25(33)31(17-8-9-18-32)24-26(34)30(16-11-15-29(22,24)37-28)20-21-12-5-3-6-13-21/h3,5-7,11-15,22-24,32H,2,4,8-10,16-20H2,1H3/b14-7-/t22-,23-,24?,28+,29-/m0/s1. The molecule has 4 heterocycles. The van der Waals surface area contributed by atoms with Crippen LogP contribution in [-0.2, 0) is 30.4 Å². The molecule has 5 atom stereocenters. The molecule has 37 heavy (non-hydrogen) atoms. The highest BCUT2D eigenvalue weighted by molar-refractivity contribution is 5.99. The first-order valence-electron chi connectivity index (χ1n) is 13.4. The van der Waals surface area contributed by atoms with E-state index in [0.29, 0.717) is 45.3 Å². The number of unbranched alkanes of at least 4 members (excludes halogenated alkanes) is 1. The molecule has 0 aromatic heterocycles. The number of hydrogen-bond acceptors (Lipinski definition) is 6.